The van der Waals surface area contributed by atoms with Gasteiger partial charge in [-0.15, -0.1) is 0 Å². The zero-order valence-corrected chi connectivity index (χ0v) is 15.8. The molecule has 1 aromatic rings. The van der Waals surface area contributed by atoms with Crippen LogP contribution in [0.3, 0.4) is 0 Å². The monoisotopic (exact) mass is 364 g/mol. The van der Waals surface area contributed by atoms with Crippen molar-refractivity contribution >= 4 is 21.6 Å². The van der Waals surface area contributed by atoms with E-state index in [0.29, 0.717) is 19.6 Å². The molecule has 0 aliphatic heterocycles. The largest absolute Gasteiger partial charge is 0.303 e. The van der Waals surface area contributed by atoms with Gasteiger partial charge >= 0.3 is 0 Å². The zero-order chi connectivity index (χ0) is 17.6. The van der Waals surface area contributed by atoms with Crippen molar-refractivity contribution in [1.82, 2.24) is 9.21 Å². The van der Waals surface area contributed by atoms with Crippen molar-refractivity contribution in [2.75, 3.05) is 32.7 Å². The van der Waals surface area contributed by atoms with Crippen molar-refractivity contribution < 1.29 is 12.8 Å². The van der Waals surface area contributed by atoms with Gasteiger partial charge in [0.15, 0.2) is 0 Å². The molecule has 23 heavy (non-hydrogen) atoms. The van der Waals surface area contributed by atoms with Gasteiger partial charge in [-0.2, -0.15) is 4.31 Å². The van der Waals surface area contributed by atoms with Crippen LogP contribution in [-0.4, -0.2) is 50.3 Å². The molecule has 0 aliphatic rings. The molecule has 0 amide bonds. The number of nitrogens with zero attached hydrogens (tertiary/aromatic N) is 2. The summed E-state index contributed by atoms with van der Waals surface area (Å²) in [5.41, 5.74) is 0. The Balaban J connectivity index is 3.08. The van der Waals surface area contributed by atoms with Gasteiger partial charge in [0.25, 0.3) is 0 Å². The summed E-state index contributed by atoms with van der Waals surface area (Å²) in [7, 11) is -3.75. The number of benzene rings is 1. The first kappa shape index (κ1) is 20.4. The Morgan fingerprint density at radius 2 is 1.78 bits per heavy atom. The maximum atomic E-state index is 13.2. The fourth-order valence-corrected chi connectivity index (χ4v) is 4.43. The molecule has 7 heteroatoms. The van der Waals surface area contributed by atoms with E-state index in [-0.39, 0.29) is 15.8 Å². The highest BCUT2D eigenvalue weighted by Gasteiger charge is 2.27. The summed E-state index contributed by atoms with van der Waals surface area (Å²) < 4.78 is 40.4. The second-order valence-corrected chi connectivity index (χ2v) is 8.17. The lowest BCUT2D eigenvalue weighted by atomic mass is 10.2. The van der Waals surface area contributed by atoms with E-state index in [0.717, 1.165) is 25.2 Å². The van der Waals surface area contributed by atoms with Crippen LogP contribution in [0.15, 0.2) is 23.1 Å². The Kier molecular flexibility index (Phi) is 7.94. The number of hydrogen-bond acceptors (Lipinski definition) is 3. The second kappa shape index (κ2) is 8.97. The third-order valence-corrected chi connectivity index (χ3v) is 5.99. The summed E-state index contributed by atoms with van der Waals surface area (Å²) in [6.07, 6.45) is 0. The van der Waals surface area contributed by atoms with Crippen LogP contribution in [0.4, 0.5) is 4.39 Å². The molecule has 0 N–H and O–H groups in total. The normalized spacial score (nSPS) is 12.6. The van der Waals surface area contributed by atoms with Crippen LogP contribution in [0, 0.1) is 11.7 Å². The molecule has 0 atom stereocenters. The molecule has 0 heterocycles. The van der Waals surface area contributed by atoms with Crippen molar-refractivity contribution in [3.8, 4) is 0 Å². The van der Waals surface area contributed by atoms with Gasteiger partial charge in [0.05, 0.1) is 5.02 Å². The van der Waals surface area contributed by atoms with Gasteiger partial charge in [0.2, 0.25) is 10.0 Å². The molecule has 1 aromatic carbocycles. The van der Waals surface area contributed by atoms with E-state index in [4.69, 9.17) is 11.6 Å². The lowest BCUT2D eigenvalue weighted by Gasteiger charge is -2.27. The van der Waals surface area contributed by atoms with Crippen LogP contribution in [0.5, 0.6) is 0 Å². The van der Waals surface area contributed by atoms with Crippen LogP contribution in [0.25, 0.3) is 0 Å². The van der Waals surface area contributed by atoms with Crippen LogP contribution in [-0.2, 0) is 10.0 Å². The van der Waals surface area contributed by atoms with Gasteiger partial charge < -0.3 is 4.90 Å². The molecule has 0 radical (unpaired) electrons. The number of halogens is 2. The van der Waals surface area contributed by atoms with E-state index in [2.05, 4.69) is 4.90 Å². The van der Waals surface area contributed by atoms with Crippen molar-refractivity contribution in [2.24, 2.45) is 5.92 Å². The van der Waals surface area contributed by atoms with E-state index in [9.17, 15) is 12.8 Å². The topological polar surface area (TPSA) is 40.6 Å². The molecule has 0 fully saturated rings. The van der Waals surface area contributed by atoms with Gasteiger partial charge in [0.1, 0.15) is 10.7 Å². The van der Waals surface area contributed by atoms with Crippen molar-refractivity contribution in [3.05, 3.63) is 29.0 Å². The summed E-state index contributed by atoms with van der Waals surface area (Å²) in [6.45, 7) is 11.2. The van der Waals surface area contributed by atoms with E-state index >= 15 is 0 Å². The van der Waals surface area contributed by atoms with Crippen molar-refractivity contribution in [3.63, 3.8) is 0 Å². The quantitative estimate of drug-likeness (QED) is 0.673. The minimum atomic E-state index is -3.75. The molecule has 0 bridgehead atoms. The molecule has 0 saturated carbocycles. The summed E-state index contributed by atoms with van der Waals surface area (Å²) in [4.78, 5) is 2.12. The SMILES string of the molecule is CCN(CC)CCN(CC(C)C)S(=O)(=O)c1ccc(F)cc1Cl. The van der Waals surface area contributed by atoms with E-state index in [1.165, 1.54) is 10.4 Å². The van der Waals surface area contributed by atoms with E-state index in [1.807, 2.05) is 27.7 Å². The maximum Gasteiger partial charge on any atom is 0.244 e. The molecule has 4 nitrogen and oxygen atoms in total. The Labute approximate surface area is 144 Å². The molecule has 0 aliphatic carbocycles. The number of rotatable bonds is 9. The Hall–Kier alpha value is -0.690. The van der Waals surface area contributed by atoms with Gasteiger partial charge in [-0.3, -0.25) is 0 Å². The predicted octanol–water partition coefficient (Wildman–Crippen LogP) is 3.47. The van der Waals surface area contributed by atoms with Crippen LogP contribution in [0.1, 0.15) is 27.7 Å². The highest BCUT2D eigenvalue weighted by atomic mass is 35.5. The first-order valence-electron chi connectivity index (χ1n) is 7.89. The summed E-state index contributed by atoms with van der Waals surface area (Å²) in [5.74, 6) is -0.367. The third-order valence-electron chi connectivity index (χ3n) is 3.64. The average Bonchev–Trinajstić information content (AvgIpc) is 2.46. The number of hydrogen-bond donors (Lipinski definition) is 0. The lowest BCUT2D eigenvalue weighted by molar-refractivity contribution is 0.262. The first-order chi connectivity index (χ1) is 10.7. The first-order valence-corrected chi connectivity index (χ1v) is 9.71. The average molecular weight is 365 g/mol. The van der Waals surface area contributed by atoms with E-state index < -0.39 is 15.8 Å². The fraction of sp³-hybridized carbons (Fsp3) is 0.625. The second-order valence-electron chi connectivity index (χ2n) is 5.86. The summed E-state index contributed by atoms with van der Waals surface area (Å²) in [5, 5.41) is -0.0819. The molecule has 0 unspecified atom stereocenters. The molecule has 0 aromatic heterocycles. The Morgan fingerprint density at radius 1 is 1.17 bits per heavy atom. The van der Waals surface area contributed by atoms with Gasteiger partial charge in [-0.05, 0) is 37.2 Å². The smallest absolute Gasteiger partial charge is 0.244 e. The van der Waals surface area contributed by atoms with Crippen LogP contribution in [0.2, 0.25) is 5.02 Å². The minimum absolute atomic E-state index is 0.0410. The standard InChI is InChI=1S/C16H26ClFN2O2S/c1-5-19(6-2)9-10-20(12-13(3)4)23(21,22)16-8-7-14(18)11-15(16)17/h7-8,11,13H,5-6,9-10,12H2,1-4H3. The number of likely N-dealkylation sites (N-methyl/N-ethyl adjacent to an activating group) is 1. The summed E-state index contributed by atoms with van der Waals surface area (Å²) in [6, 6.07) is 3.39. The Morgan fingerprint density at radius 3 is 2.26 bits per heavy atom. The van der Waals surface area contributed by atoms with Gasteiger partial charge in [-0.1, -0.05) is 39.3 Å². The minimum Gasteiger partial charge on any atom is -0.303 e. The molecular weight excluding hydrogens is 339 g/mol. The van der Waals surface area contributed by atoms with Crippen molar-refractivity contribution in [2.45, 2.75) is 32.6 Å². The maximum absolute atomic E-state index is 13.2. The van der Waals surface area contributed by atoms with Crippen LogP contribution < -0.4 is 0 Å². The summed E-state index contributed by atoms with van der Waals surface area (Å²) >= 11 is 5.96. The molecule has 0 saturated heterocycles. The van der Waals surface area contributed by atoms with Crippen LogP contribution >= 0.6 is 11.6 Å². The van der Waals surface area contributed by atoms with Crippen molar-refractivity contribution in [1.29, 1.82) is 0 Å². The molecule has 0 spiro atoms. The molecule has 1 rings (SSSR count). The molecular formula is C16H26ClFN2O2S. The predicted molar refractivity (Wildman–Crippen MR) is 92.8 cm³/mol. The third kappa shape index (κ3) is 5.71. The fourth-order valence-electron chi connectivity index (χ4n) is 2.33. The lowest BCUT2D eigenvalue weighted by Crippen LogP contribution is -2.40. The highest BCUT2D eigenvalue weighted by molar-refractivity contribution is 7.89. The highest BCUT2D eigenvalue weighted by Crippen LogP contribution is 2.26. The Bertz CT molecular complexity index is 604. The van der Waals surface area contributed by atoms with E-state index in [1.54, 1.807) is 0 Å². The number of sulfonamides is 1. The van der Waals surface area contributed by atoms with Gasteiger partial charge in [0, 0.05) is 19.6 Å². The van der Waals surface area contributed by atoms with Gasteiger partial charge in [-0.25, -0.2) is 12.8 Å². The zero-order valence-electron chi connectivity index (χ0n) is 14.2. The molecule has 132 valence electrons.